The molecule has 0 unspecified atom stereocenters. The molecule has 0 bridgehead atoms. The van der Waals surface area contributed by atoms with Gasteiger partial charge in [0.2, 0.25) is 5.91 Å². The van der Waals surface area contributed by atoms with E-state index in [0.717, 1.165) is 6.42 Å². The number of hydrogen-bond donors (Lipinski definition) is 1. The fourth-order valence-electron chi connectivity index (χ4n) is 2.61. The Balaban J connectivity index is 1.78. The zero-order valence-corrected chi connectivity index (χ0v) is 12.5. The third-order valence-corrected chi connectivity index (χ3v) is 4.35. The SMILES string of the molecule is O=C(CCC1CCCCC1)Nc1ccc(Br)c(F)c1. The molecule has 0 aromatic heterocycles. The van der Waals surface area contributed by atoms with E-state index in [9.17, 15) is 9.18 Å². The summed E-state index contributed by atoms with van der Waals surface area (Å²) in [5.41, 5.74) is 0.523. The van der Waals surface area contributed by atoms with Crippen LogP contribution in [0.4, 0.5) is 10.1 Å². The van der Waals surface area contributed by atoms with Crippen LogP contribution in [0.5, 0.6) is 0 Å². The Hall–Kier alpha value is -0.900. The maximum Gasteiger partial charge on any atom is 0.224 e. The highest BCUT2D eigenvalue weighted by Gasteiger charge is 2.15. The molecule has 0 radical (unpaired) electrons. The van der Waals surface area contributed by atoms with Crippen molar-refractivity contribution in [2.24, 2.45) is 5.92 Å². The highest BCUT2D eigenvalue weighted by Crippen LogP contribution is 2.27. The second-order valence-corrected chi connectivity index (χ2v) is 6.07. The molecule has 1 amide bonds. The minimum Gasteiger partial charge on any atom is -0.326 e. The van der Waals surface area contributed by atoms with Crippen molar-refractivity contribution in [2.75, 3.05) is 5.32 Å². The molecule has 1 saturated carbocycles. The number of rotatable bonds is 4. The lowest BCUT2D eigenvalue weighted by atomic mass is 9.86. The molecule has 1 N–H and O–H groups in total. The molecule has 2 nitrogen and oxygen atoms in total. The van der Waals surface area contributed by atoms with E-state index >= 15 is 0 Å². The first-order valence-corrected chi connectivity index (χ1v) is 7.69. The first kappa shape index (κ1) is 14.5. The van der Waals surface area contributed by atoms with Crippen molar-refractivity contribution in [3.05, 3.63) is 28.5 Å². The number of carbonyl (C=O) groups is 1. The van der Waals surface area contributed by atoms with Gasteiger partial charge in [0.15, 0.2) is 0 Å². The van der Waals surface area contributed by atoms with Gasteiger partial charge in [0, 0.05) is 12.1 Å². The standard InChI is InChI=1S/C15H19BrFNO/c16-13-8-7-12(10-14(13)17)18-15(19)9-6-11-4-2-1-3-5-11/h7-8,10-11H,1-6,9H2,(H,18,19). The lowest BCUT2D eigenvalue weighted by Crippen LogP contribution is -2.14. The lowest BCUT2D eigenvalue weighted by Gasteiger charge is -2.21. The van der Waals surface area contributed by atoms with Crippen LogP contribution in [-0.2, 0) is 4.79 Å². The maximum absolute atomic E-state index is 13.3. The Bertz CT molecular complexity index is 444. The molecule has 1 aromatic rings. The Morgan fingerprint density at radius 2 is 2.05 bits per heavy atom. The normalized spacial score (nSPS) is 16.3. The van der Waals surface area contributed by atoms with Crippen LogP contribution in [0, 0.1) is 11.7 Å². The van der Waals surface area contributed by atoms with Gasteiger partial charge >= 0.3 is 0 Å². The van der Waals surface area contributed by atoms with E-state index in [1.807, 2.05) is 0 Å². The Morgan fingerprint density at radius 3 is 2.74 bits per heavy atom. The number of anilines is 1. The predicted octanol–water partition coefficient (Wildman–Crippen LogP) is 4.89. The second kappa shape index (κ2) is 7.04. The van der Waals surface area contributed by atoms with E-state index in [2.05, 4.69) is 21.2 Å². The van der Waals surface area contributed by atoms with E-state index in [4.69, 9.17) is 0 Å². The van der Waals surface area contributed by atoms with E-state index in [0.29, 0.717) is 22.5 Å². The smallest absolute Gasteiger partial charge is 0.224 e. The Morgan fingerprint density at radius 1 is 1.32 bits per heavy atom. The largest absolute Gasteiger partial charge is 0.326 e. The molecule has 1 fully saturated rings. The fourth-order valence-corrected chi connectivity index (χ4v) is 2.86. The zero-order chi connectivity index (χ0) is 13.7. The van der Waals surface area contributed by atoms with Crippen molar-refractivity contribution < 1.29 is 9.18 Å². The number of halogens is 2. The Labute approximate surface area is 121 Å². The van der Waals surface area contributed by atoms with Gasteiger partial charge in [-0.3, -0.25) is 4.79 Å². The average Bonchev–Trinajstić information content (AvgIpc) is 2.42. The molecule has 104 valence electrons. The quantitative estimate of drug-likeness (QED) is 0.838. The molecule has 1 aliphatic rings. The summed E-state index contributed by atoms with van der Waals surface area (Å²) in [6.45, 7) is 0. The summed E-state index contributed by atoms with van der Waals surface area (Å²) < 4.78 is 13.7. The van der Waals surface area contributed by atoms with Gasteiger partial charge in [-0.05, 0) is 46.5 Å². The van der Waals surface area contributed by atoms with Gasteiger partial charge < -0.3 is 5.32 Å². The highest BCUT2D eigenvalue weighted by molar-refractivity contribution is 9.10. The van der Waals surface area contributed by atoms with Crippen LogP contribution in [0.15, 0.2) is 22.7 Å². The van der Waals surface area contributed by atoms with Gasteiger partial charge in [-0.1, -0.05) is 32.1 Å². The molecule has 0 atom stereocenters. The third-order valence-electron chi connectivity index (χ3n) is 3.71. The van der Waals surface area contributed by atoms with Crippen molar-refractivity contribution in [2.45, 2.75) is 44.9 Å². The van der Waals surface area contributed by atoms with Crippen molar-refractivity contribution >= 4 is 27.5 Å². The van der Waals surface area contributed by atoms with Crippen LogP contribution < -0.4 is 5.32 Å². The molecule has 0 heterocycles. The van der Waals surface area contributed by atoms with E-state index < -0.39 is 0 Å². The van der Waals surface area contributed by atoms with Gasteiger partial charge in [0.05, 0.1) is 4.47 Å². The van der Waals surface area contributed by atoms with E-state index in [-0.39, 0.29) is 11.7 Å². The maximum atomic E-state index is 13.3. The summed E-state index contributed by atoms with van der Waals surface area (Å²) in [6.07, 6.45) is 7.91. The number of benzene rings is 1. The molecular formula is C15H19BrFNO. The van der Waals surface area contributed by atoms with E-state index in [1.54, 1.807) is 12.1 Å². The molecule has 2 rings (SSSR count). The number of carbonyl (C=O) groups excluding carboxylic acids is 1. The summed E-state index contributed by atoms with van der Waals surface area (Å²) in [5, 5.41) is 2.75. The minimum atomic E-state index is -0.356. The zero-order valence-electron chi connectivity index (χ0n) is 10.9. The summed E-state index contributed by atoms with van der Waals surface area (Å²) in [6, 6.07) is 4.64. The molecule has 0 saturated heterocycles. The molecule has 19 heavy (non-hydrogen) atoms. The Kier molecular flexibility index (Phi) is 5.37. The van der Waals surface area contributed by atoms with Crippen LogP contribution in [0.1, 0.15) is 44.9 Å². The molecular weight excluding hydrogens is 309 g/mol. The molecule has 1 aromatic carbocycles. The average molecular weight is 328 g/mol. The van der Waals surface area contributed by atoms with Gasteiger partial charge in [-0.25, -0.2) is 4.39 Å². The summed E-state index contributed by atoms with van der Waals surface area (Å²) in [5.74, 6) is 0.318. The fraction of sp³-hybridized carbons (Fsp3) is 0.533. The first-order valence-electron chi connectivity index (χ1n) is 6.90. The van der Waals surface area contributed by atoms with Gasteiger partial charge in [-0.15, -0.1) is 0 Å². The van der Waals surface area contributed by atoms with Gasteiger partial charge in [-0.2, -0.15) is 0 Å². The first-order chi connectivity index (χ1) is 9.15. The van der Waals surface area contributed by atoms with Crippen molar-refractivity contribution in [3.63, 3.8) is 0 Å². The van der Waals surface area contributed by atoms with Crippen LogP contribution in [0.25, 0.3) is 0 Å². The molecule has 0 aliphatic heterocycles. The number of nitrogens with one attached hydrogen (secondary N) is 1. The molecule has 0 spiro atoms. The minimum absolute atomic E-state index is 0.0210. The summed E-state index contributed by atoms with van der Waals surface area (Å²) in [4.78, 5) is 11.8. The highest BCUT2D eigenvalue weighted by atomic mass is 79.9. The summed E-state index contributed by atoms with van der Waals surface area (Å²) in [7, 11) is 0. The predicted molar refractivity (Wildman–Crippen MR) is 78.5 cm³/mol. The lowest BCUT2D eigenvalue weighted by molar-refractivity contribution is -0.116. The van der Waals surface area contributed by atoms with Crippen LogP contribution >= 0.6 is 15.9 Å². The molecule has 4 heteroatoms. The number of amides is 1. The van der Waals surface area contributed by atoms with Gasteiger partial charge in [0.1, 0.15) is 5.82 Å². The van der Waals surface area contributed by atoms with Crippen LogP contribution in [0.3, 0.4) is 0 Å². The van der Waals surface area contributed by atoms with Gasteiger partial charge in [0.25, 0.3) is 0 Å². The van der Waals surface area contributed by atoms with Crippen molar-refractivity contribution in [3.8, 4) is 0 Å². The van der Waals surface area contributed by atoms with Crippen molar-refractivity contribution in [1.29, 1.82) is 0 Å². The van der Waals surface area contributed by atoms with Crippen molar-refractivity contribution in [1.82, 2.24) is 0 Å². The number of hydrogen-bond acceptors (Lipinski definition) is 1. The second-order valence-electron chi connectivity index (χ2n) is 5.22. The van der Waals surface area contributed by atoms with Crippen LogP contribution in [-0.4, -0.2) is 5.91 Å². The van der Waals surface area contributed by atoms with Crippen LogP contribution in [0.2, 0.25) is 0 Å². The third kappa shape index (κ3) is 4.60. The molecule has 1 aliphatic carbocycles. The summed E-state index contributed by atoms with van der Waals surface area (Å²) >= 11 is 3.09. The topological polar surface area (TPSA) is 29.1 Å². The monoisotopic (exact) mass is 327 g/mol. The van der Waals surface area contributed by atoms with E-state index in [1.165, 1.54) is 38.2 Å².